The molecule has 0 atom stereocenters. The van der Waals surface area contributed by atoms with Crippen LogP contribution in [0, 0.1) is 13.8 Å². The van der Waals surface area contributed by atoms with Crippen LogP contribution >= 0.6 is 23.4 Å². The third kappa shape index (κ3) is 3.83. The highest BCUT2D eigenvalue weighted by Gasteiger charge is 2.35. The molecule has 0 unspecified atom stereocenters. The lowest BCUT2D eigenvalue weighted by molar-refractivity contribution is -0.145. The Kier molecular flexibility index (Phi) is 4.19. The number of hydrogen-bond donors (Lipinski definition) is 0. The molecule has 0 radical (unpaired) electrons. The minimum Gasteiger partial charge on any atom is -0.246 e. The van der Waals surface area contributed by atoms with Gasteiger partial charge < -0.3 is 0 Å². The van der Waals surface area contributed by atoms with E-state index >= 15 is 0 Å². The molecule has 0 bridgehead atoms. The summed E-state index contributed by atoms with van der Waals surface area (Å²) in [5, 5.41) is 0.416. The Bertz CT molecular complexity index is 626. The summed E-state index contributed by atoms with van der Waals surface area (Å²) in [6, 6.07) is 4.92. The zero-order chi connectivity index (χ0) is 14.9. The molecule has 0 aromatic carbocycles. The Labute approximate surface area is 122 Å². The number of pyridine rings is 1. The predicted molar refractivity (Wildman–Crippen MR) is 69.9 cm³/mol. The molecule has 0 aliphatic rings. The van der Waals surface area contributed by atoms with E-state index in [0.29, 0.717) is 5.03 Å². The fourth-order valence-corrected chi connectivity index (χ4v) is 2.74. The van der Waals surface area contributed by atoms with Gasteiger partial charge in [0, 0.05) is 11.8 Å². The SMILES string of the molecule is Cc1cc(C)nc(Sc2cc(Cl)nc(C(F)(F)F)n2)c1. The number of aryl methyl sites for hydroxylation is 2. The van der Waals surface area contributed by atoms with Crippen LogP contribution in [0.1, 0.15) is 17.1 Å². The van der Waals surface area contributed by atoms with Crippen molar-refractivity contribution in [3.8, 4) is 0 Å². The van der Waals surface area contributed by atoms with Crippen LogP contribution in [-0.2, 0) is 6.18 Å². The summed E-state index contributed by atoms with van der Waals surface area (Å²) in [4.78, 5) is 10.9. The Morgan fingerprint density at radius 1 is 1.00 bits per heavy atom. The first-order chi connectivity index (χ1) is 9.24. The van der Waals surface area contributed by atoms with Gasteiger partial charge in [0.2, 0.25) is 5.82 Å². The second-order valence-corrected chi connectivity index (χ2v) is 5.50. The van der Waals surface area contributed by atoms with Gasteiger partial charge >= 0.3 is 6.18 Å². The van der Waals surface area contributed by atoms with Crippen molar-refractivity contribution in [2.75, 3.05) is 0 Å². The van der Waals surface area contributed by atoms with Crippen LogP contribution in [0.3, 0.4) is 0 Å². The summed E-state index contributed by atoms with van der Waals surface area (Å²) >= 11 is 6.61. The van der Waals surface area contributed by atoms with Crippen molar-refractivity contribution in [1.29, 1.82) is 0 Å². The van der Waals surface area contributed by atoms with E-state index in [2.05, 4.69) is 15.0 Å². The summed E-state index contributed by atoms with van der Waals surface area (Å²) in [6.45, 7) is 3.69. The molecule has 0 N–H and O–H groups in total. The molecular formula is C12H9ClF3N3S. The number of aromatic nitrogens is 3. The van der Waals surface area contributed by atoms with Crippen LogP contribution < -0.4 is 0 Å². The minimum atomic E-state index is -4.63. The van der Waals surface area contributed by atoms with Crippen LogP contribution in [-0.4, -0.2) is 15.0 Å². The molecule has 0 saturated heterocycles. The summed E-state index contributed by atoms with van der Waals surface area (Å²) < 4.78 is 37.8. The van der Waals surface area contributed by atoms with Crippen molar-refractivity contribution >= 4 is 23.4 Å². The van der Waals surface area contributed by atoms with Gasteiger partial charge in [-0.15, -0.1) is 0 Å². The second-order valence-electron chi connectivity index (χ2n) is 4.08. The molecule has 0 saturated carbocycles. The average molecular weight is 320 g/mol. The normalized spacial score (nSPS) is 11.7. The minimum absolute atomic E-state index is 0.106. The molecule has 20 heavy (non-hydrogen) atoms. The molecule has 0 fully saturated rings. The largest absolute Gasteiger partial charge is 0.451 e. The molecule has 2 rings (SSSR count). The van der Waals surface area contributed by atoms with E-state index in [1.54, 1.807) is 6.07 Å². The maximum atomic E-state index is 12.6. The van der Waals surface area contributed by atoms with Gasteiger partial charge in [-0.05, 0) is 43.3 Å². The van der Waals surface area contributed by atoms with E-state index in [-0.39, 0.29) is 10.2 Å². The summed E-state index contributed by atoms with van der Waals surface area (Å²) in [6.07, 6.45) is -4.63. The summed E-state index contributed by atoms with van der Waals surface area (Å²) in [7, 11) is 0. The first-order valence-electron chi connectivity index (χ1n) is 5.49. The van der Waals surface area contributed by atoms with Gasteiger partial charge in [0.1, 0.15) is 15.2 Å². The molecule has 2 aromatic rings. The highest BCUT2D eigenvalue weighted by Crippen LogP contribution is 2.32. The maximum Gasteiger partial charge on any atom is 0.451 e. The molecule has 0 aliphatic heterocycles. The smallest absolute Gasteiger partial charge is 0.246 e. The van der Waals surface area contributed by atoms with Crippen molar-refractivity contribution in [2.45, 2.75) is 30.1 Å². The molecule has 2 aromatic heterocycles. The summed E-state index contributed by atoms with van der Waals surface area (Å²) in [5.74, 6) is -1.25. The van der Waals surface area contributed by atoms with Crippen LogP contribution in [0.2, 0.25) is 5.15 Å². The first kappa shape index (κ1) is 15.1. The number of hydrogen-bond acceptors (Lipinski definition) is 4. The molecule has 3 nitrogen and oxygen atoms in total. The van der Waals surface area contributed by atoms with Crippen LogP contribution in [0.25, 0.3) is 0 Å². The molecule has 0 aliphatic carbocycles. The van der Waals surface area contributed by atoms with Crippen LogP contribution in [0.4, 0.5) is 13.2 Å². The first-order valence-corrected chi connectivity index (χ1v) is 6.68. The monoisotopic (exact) mass is 319 g/mol. The average Bonchev–Trinajstić information content (AvgIpc) is 2.25. The van der Waals surface area contributed by atoms with E-state index in [4.69, 9.17) is 11.6 Å². The summed E-state index contributed by atoms with van der Waals surface area (Å²) in [5.41, 5.74) is 1.75. The van der Waals surface area contributed by atoms with Crippen molar-refractivity contribution in [2.24, 2.45) is 0 Å². The number of rotatable bonds is 2. The Balaban J connectivity index is 2.36. The molecule has 0 spiro atoms. The van der Waals surface area contributed by atoms with Gasteiger partial charge in [0.05, 0.1) is 0 Å². The fourth-order valence-electron chi connectivity index (χ4n) is 1.54. The highest BCUT2D eigenvalue weighted by molar-refractivity contribution is 7.99. The molecular weight excluding hydrogens is 311 g/mol. The van der Waals surface area contributed by atoms with Gasteiger partial charge in [-0.25, -0.2) is 15.0 Å². The molecule has 0 amide bonds. The van der Waals surface area contributed by atoms with E-state index in [1.807, 2.05) is 19.9 Å². The Morgan fingerprint density at radius 2 is 1.65 bits per heavy atom. The third-order valence-corrected chi connectivity index (χ3v) is 3.24. The van der Waals surface area contributed by atoms with Crippen molar-refractivity contribution in [3.63, 3.8) is 0 Å². The van der Waals surface area contributed by atoms with E-state index < -0.39 is 12.0 Å². The van der Waals surface area contributed by atoms with Gasteiger partial charge in [-0.2, -0.15) is 13.2 Å². The van der Waals surface area contributed by atoms with Crippen molar-refractivity contribution in [1.82, 2.24) is 15.0 Å². The van der Waals surface area contributed by atoms with Gasteiger partial charge in [0.25, 0.3) is 0 Å². The van der Waals surface area contributed by atoms with Crippen molar-refractivity contribution < 1.29 is 13.2 Å². The number of nitrogens with zero attached hydrogens (tertiary/aromatic N) is 3. The molecule has 2 heterocycles. The lowest BCUT2D eigenvalue weighted by atomic mass is 10.3. The van der Waals surface area contributed by atoms with E-state index in [9.17, 15) is 13.2 Å². The third-order valence-electron chi connectivity index (χ3n) is 2.21. The molecule has 8 heteroatoms. The zero-order valence-corrected chi connectivity index (χ0v) is 12.1. The number of alkyl halides is 3. The van der Waals surface area contributed by atoms with Crippen LogP contribution in [0.15, 0.2) is 28.3 Å². The maximum absolute atomic E-state index is 12.6. The lowest BCUT2D eigenvalue weighted by Crippen LogP contribution is -2.11. The topological polar surface area (TPSA) is 38.7 Å². The Morgan fingerprint density at radius 3 is 2.25 bits per heavy atom. The van der Waals surface area contributed by atoms with Crippen molar-refractivity contribution in [3.05, 3.63) is 40.4 Å². The van der Waals surface area contributed by atoms with Gasteiger partial charge in [-0.3, -0.25) is 0 Å². The van der Waals surface area contributed by atoms with Gasteiger partial charge in [0.15, 0.2) is 0 Å². The zero-order valence-electron chi connectivity index (χ0n) is 10.5. The quantitative estimate of drug-likeness (QED) is 0.773. The second kappa shape index (κ2) is 5.57. The van der Waals surface area contributed by atoms with Gasteiger partial charge in [-0.1, -0.05) is 11.6 Å². The molecule has 106 valence electrons. The van der Waals surface area contributed by atoms with E-state index in [1.165, 1.54) is 6.07 Å². The Hall–Kier alpha value is -1.34. The lowest BCUT2D eigenvalue weighted by Gasteiger charge is -2.08. The standard InChI is InChI=1S/C12H9ClF3N3S/c1-6-3-7(2)17-9(4-6)20-10-5-8(13)18-11(19-10)12(14,15)16/h3-5H,1-2H3. The number of halogens is 4. The highest BCUT2D eigenvalue weighted by atomic mass is 35.5. The predicted octanol–water partition coefficient (Wildman–Crippen LogP) is 4.31. The van der Waals surface area contributed by atoms with Crippen LogP contribution in [0.5, 0.6) is 0 Å². The van der Waals surface area contributed by atoms with E-state index in [0.717, 1.165) is 23.0 Å². The fraction of sp³-hybridized carbons (Fsp3) is 0.250.